The quantitative estimate of drug-likeness (QED) is 0.867. The van der Waals surface area contributed by atoms with Crippen LogP contribution in [0.15, 0.2) is 24.3 Å². The molecule has 1 aliphatic rings. The summed E-state index contributed by atoms with van der Waals surface area (Å²) in [5.41, 5.74) is 7.61. The number of nitrogens with two attached hydrogens (primary N) is 1. The van der Waals surface area contributed by atoms with E-state index in [1.807, 2.05) is 38.1 Å². The molecule has 2 unspecified atom stereocenters. The lowest BCUT2D eigenvalue weighted by molar-refractivity contribution is -0.125. The second-order valence-corrected chi connectivity index (χ2v) is 5.68. The number of hydrogen-bond donors (Lipinski definition) is 2. The van der Waals surface area contributed by atoms with Crippen LogP contribution in [-0.4, -0.2) is 24.4 Å². The van der Waals surface area contributed by atoms with E-state index in [4.69, 9.17) is 5.73 Å². The molecule has 0 saturated carbocycles. The first kappa shape index (κ1) is 18.5. The molecule has 2 amide bonds. The molecule has 0 aliphatic carbocycles. The van der Waals surface area contributed by atoms with E-state index in [1.54, 1.807) is 4.90 Å². The third kappa shape index (κ3) is 4.45. The summed E-state index contributed by atoms with van der Waals surface area (Å²) in [6.45, 7) is 4.87. The molecule has 5 nitrogen and oxygen atoms in total. The number of nitrogens with zero attached hydrogens (tertiary/aromatic N) is 1. The minimum Gasteiger partial charge on any atom is -0.352 e. The topological polar surface area (TPSA) is 75.4 Å². The Morgan fingerprint density at radius 3 is 2.73 bits per heavy atom. The highest BCUT2D eigenvalue weighted by molar-refractivity contribution is 5.95. The van der Waals surface area contributed by atoms with Crippen LogP contribution in [0, 0.1) is 5.92 Å². The summed E-state index contributed by atoms with van der Waals surface area (Å²) in [5.74, 6) is -0.0947. The number of hydrogen-bond acceptors (Lipinski definition) is 3. The maximum Gasteiger partial charge on any atom is 0.227 e. The first-order valence-corrected chi connectivity index (χ1v) is 7.41. The van der Waals surface area contributed by atoms with Crippen LogP contribution in [0.2, 0.25) is 0 Å². The van der Waals surface area contributed by atoms with E-state index in [0.29, 0.717) is 13.0 Å². The molecule has 2 atom stereocenters. The van der Waals surface area contributed by atoms with Gasteiger partial charge in [0.15, 0.2) is 0 Å². The fraction of sp³-hybridized carbons (Fsp3) is 0.500. The maximum atomic E-state index is 11.9. The lowest BCUT2D eigenvalue weighted by Gasteiger charge is -2.18. The Morgan fingerprint density at radius 1 is 1.41 bits per heavy atom. The van der Waals surface area contributed by atoms with E-state index >= 15 is 0 Å². The molecular weight excluding hydrogens is 302 g/mol. The van der Waals surface area contributed by atoms with E-state index in [9.17, 15) is 9.59 Å². The Bertz CT molecular complexity index is 534. The highest BCUT2D eigenvalue weighted by Crippen LogP contribution is 2.22. The Morgan fingerprint density at radius 2 is 2.14 bits per heavy atom. The number of halogens is 1. The van der Waals surface area contributed by atoms with Gasteiger partial charge in [0, 0.05) is 37.2 Å². The first-order chi connectivity index (χ1) is 9.99. The number of benzene rings is 1. The van der Waals surface area contributed by atoms with Crippen molar-refractivity contribution < 1.29 is 9.59 Å². The average molecular weight is 326 g/mol. The molecule has 1 fully saturated rings. The summed E-state index contributed by atoms with van der Waals surface area (Å²) >= 11 is 0. The molecule has 2 rings (SSSR count). The molecule has 1 saturated heterocycles. The van der Waals surface area contributed by atoms with Crippen LogP contribution < -0.4 is 16.0 Å². The van der Waals surface area contributed by atoms with E-state index in [-0.39, 0.29) is 36.2 Å². The summed E-state index contributed by atoms with van der Waals surface area (Å²) in [6, 6.07) is 7.58. The summed E-state index contributed by atoms with van der Waals surface area (Å²) in [7, 11) is 0. The Hall–Kier alpha value is -1.59. The second-order valence-electron chi connectivity index (χ2n) is 5.68. The molecule has 6 heteroatoms. The minimum atomic E-state index is -0.214. The summed E-state index contributed by atoms with van der Waals surface area (Å²) in [4.78, 5) is 25.5. The van der Waals surface area contributed by atoms with Crippen molar-refractivity contribution in [3.05, 3.63) is 29.8 Å². The van der Waals surface area contributed by atoms with Crippen molar-refractivity contribution >= 4 is 29.9 Å². The standard InChI is InChI=1S/C16H23N3O2.ClH/c1-11(12(2)17)16(21)18-10-13-5-3-6-14(9-13)19-8-4-7-15(19)20;/h3,5-6,9,11-12H,4,7-8,10,17H2,1-2H3,(H,18,21);1H. The van der Waals surface area contributed by atoms with Crippen LogP contribution in [0.1, 0.15) is 32.3 Å². The second kappa shape index (κ2) is 8.15. The molecule has 1 aliphatic heterocycles. The van der Waals surface area contributed by atoms with Crippen molar-refractivity contribution in [3.8, 4) is 0 Å². The zero-order chi connectivity index (χ0) is 15.4. The normalized spacial score (nSPS) is 16.9. The van der Waals surface area contributed by atoms with Gasteiger partial charge >= 0.3 is 0 Å². The smallest absolute Gasteiger partial charge is 0.227 e. The number of carbonyl (C=O) groups excluding carboxylic acids is 2. The van der Waals surface area contributed by atoms with Crippen molar-refractivity contribution in [1.82, 2.24) is 5.32 Å². The third-order valence-corrected chi connectivity index (χ3v) is 3.96. The summed E-state index contributed by atoms with van der Waals surface area (Å²) < 4.78 is 0. The molecule has 1 aromatic rings. The zero-order valence-corrected chi connectivity index (χ0v) is 13.9. The van der Waals surface area contributed by atoms with Gasteiger partial charge in [0.05, 0.1) is 0 Å². The van der Waals surface area contributed by atoms with Crippen molar-refractivity contribution in [2.24, 2.45) is 11.7 Å². The number of nitrogens with one attached hydrogen (secondary N) is 1. The monoisotopic (exact) mass is 325 g/mol. The van der Waals surface area contributed by atoms with Gasteiger partial charge in [0.1, 0.15) is 0 Å². The van der Waals surface area contributed by atoms with Gasteiger partial charge in [0.2, 0.25) is 11.8 Å². The fourth-order valence-electron chi connectivity index (χ4n) is 2.34. The van der Waals surface area contributed by atoms with E-state index < -0.39 is 0 Å². The molecule has 0 bridgehead atoms. The maximum absolute atomic E-state index is 11.9. The fourth-order valence-corrected chi connectivity index (χ4v) is 2.34. The van der Waals surface area contributed by atoms with E-state index in [1.165, 1.54) is 0 Å². The summed E-state index contributed by atoms with van der Waals surface area (Å²) in [5, 5.41) is 2.89. The number of rotatable bonds is 5. The van der Waals surface area contributed by atoms with Gasteiger partial charge in [-0.3, -0.25) is 9.59 Å². The molecular formula is C16H24ClN3O2. The predicted octanol–water partition coefficient (Wildman–Crippen LogP) is 1.83. The lowest BCUT2D eigenvalue weighted by atomic mass is 10.0. The molecule has 1 heterocycles. The van der Waals surface area contributed by atoms with Crippen LogP contribution in [0.4, 0.5) is 5.69 Å². The van der Waals surface area contributed by atoms with Gasteiger partial charge in [-0.2, -0.15) is 0 Å². The average Bonchev–Trinajstić information content (AvgIpc) is 2.90. The van der Waals surface area contributed by atoms with Gasteiger partial charge in [-0.05, 0) is 31.0 Å². The molecule has 122 valence electrons. The summed E-state index contributed by atoms with van der Waals surface area (Å²) in [6.07, 6.45) is 1.53. The van der Waals surface area contributed by atoms with Crippen LogP contribution in [0.25, 0.3) is 0 Å². The SMILES string of the molecule is CC(N)C(C)C(=O)NCc1cccc(N2CCCC2=O)c1.Cl. The van der Waals surface area contributed by atoms with Gasteiger partial charge in [0.25, 0.3) is 0 Å². The van der Waals surface area contributed by atoms with Crippen molar-refractivity contribution in [3.63, 3.8) is 0 Å². The van der Waals surface area contributed by atoms with Gasteiger partial charge < -0.3 is 16.0 Å². The van der Waals surface area contributed by atoms with Crippen molar-refractivity contribution in [1.29, 1.82) is 0 Å². The Balaban J connectivity index is 0.00000242. The van der Waals surface area contributed by atoms with E-state index in [0.717, 1.165) is 24.2 Å². The van der Waals surface area contributed by atoms with Gasteiger partial charge in [-0.15, -0.1) is 12.4 Å². The molecule has 0 aromatic heterocycles. The van der Waals surface area contributed by atoms with Crippen molar-refractivity contribution in [2.45, 2.75) is 39.3 Å². The molecule has 0 radical (unpaired) electrons. The van der Waals surface area contributed by atoms with Gasteiger partial charge in [-0.1, -0.05) is 19.1 Å². The Kier molecular flexibility index (Phi) is 6.84. The lowest BCUT2D eigenvalue weighted by Crippen LogP contribution is -2.38. The number of carbonyl (C=O) groups is 2. The number of amides is 2. The highest BCUT2D eigenvalue weighted by atomic mass is 35.5. The highest BCUT2D eigenvalue weighted by Gasteiger charge is 2.22. The Labute approximate surface area is 137 Å². The van der Waals surface area contributed by atoms with Gasteiger partial charge in [-0.25, -0.2) is 0 Å². The molecule has 1 aromatic carbocycles. The van der Waals surface area contributed by atoms with Crippen LogP contribution in [-0.2, 0) is 16.1 Å². The molecule has 3 N–H and O–H groups in total. The molecule has 22 heavy (non-hydrogen) atoms. The van der Waals surface area contributed by atoms with Crippen molar-refractivity contribution in [2.75, 3.05) is 11.4 Å². The van der Waals surface area contributed by atoms with Crippen LogP contribution in [0.5, 0.6) is 0 Å². The first-order valence-electron chi connectivity index (χ1n) is 7.41. The minimum absolute atomic E-state index is 0. The predicted molar refractivity (Wildman–Crippen MR) is 89.9 cm³/mol. The zero-order valence-electron chi connectivity index (χ0n) is 13.0. The third-order valence-electron chi connectivity index (χ3n) is 3.96. The number of anilines is 1. The van der Waals surface area contributed by atoms with Crippen LogP contribution in [0.3, 0.4) is 0 Å². The molecule has 0 spiro atoms. The van der Waals surface area contributed by atoms with Crippen LogP contribution >= 0.6 is 12.4 Å². The largest absolute Gasteiger partial charge is 0.352 e. The van der Waals surface area contributed by atoms with E-state index in [2.05, 4.69) is 5.32 Å².